The van der Waals surface area contributed by atoms with Gasteiger partial charge in [0.2, 0.25) is 0 Å². The topological polar surface area (TPSA) is 41.5 Å². The summed E-state index contributed by atoms with van der Waals surface area (Å²) in [6.07, 6.45) is 1.41. The number of aliphatic imine (C=N–C) groups is 1. The number of hydrogen-bond acceptors (Lipinski definition) is 2. The van der Waals surface area contributed by atoms with E-state index in [9.17, 15) is 4.79 Å². The molecule has 2 atom stereocenters. The number of carbonyl (C=O) groups excluding carboxylic acids is 1. The summed E-state index contributed by atoms with van der Waals surface area (Å²) >= 11 is 0. The molecule has 2 unspecified atom stereocenters. The molecule has 0 aromatic carbocycles. The van der Waals surface area contributed by atoms with Crippen molar-refractivity contribution in [2.24, 2.45) is 15.8 Å². The molecule has 86 valence electrons. The minimum absolute atomic E-state index is 0.0331. The minimum atomic E-state index is -0.0737. The van der Waals surface area contributed by atoms with E-state index in [4.69, 9.17) is 0 Å². The van der Waals surface area contributed by atoms with E-state index in [1.807, 2.05) is 0 Å². The molecule has 0 saturated heterocycles. The van der Waals surface area contributed by atoms with Crippen LogP contribution in [-0.2, 0) is 4.79 Å². The van der Waals surface area contributed by atoms with Crippen molar-refractivity contribution in [3.05, 3.63) is 0 Å². The number of rotatable bonds is 0. The zero-order chi connectivity index (χ0) is 11.9. The number of amides is 1. The van der Waals surface area contributed by atoms with Crippen LogP contribution in [0.15, 0.2) is 4.99 Å². The van der Waals surface area contributed by atoms with Gasteiger partial charge in [-0.05, 0) is 10.8 Å². The van der Waals surface area contributed by atoms with E-state index in [-0.39, 0.29) is 28.8 Å². The summed E-state index contributed by atoms with van der Waals surface area (Å²) in [6.45, 7) is 12.9. The quantitative estimate of drug-likeness (QED) is 0.653. The van der Waals surface area contributed by atoms with Crippen LogP contribution in [0.5, 0.6) is 0 Å². The molecule has 0 aromatic rings. The van der Waals surface area contributed by atoms with Gasteiger partial charge in [-0.25, -0.2) is 0 Å². The molecule has 15 heavy (non-hydrogen) atoms. The van der Waals surface area contributed by atoms with Gasteiger partial charge in [0.25, 0.3) is 5.91 Å². The molecule has 0 aromatic heterocycles. The van der Waals surface area contributed by atoms with Gasteiger partial charge in [-0.3, -0.25) is 9.79 Å². The number of nitrogens with zero attached hydrogens (tertiary/aromatic N) is 1. The molecule has 0 aliphatic carbocycles. The van der Waals surface area contributed by atoms with Crippen LogP contribution in [0.2, 0.25) is 0 Å². The third kappa shape index (κ3) is 2.80. The van der Waals surface area contributed by atoms with E-state index in [0.717, 1.165) is 0 Å². The Labute approximate surface area is 92.4 Å². The third-order valence-corrected chi connectivity index (χ3v) is 2.79. The van der Waals surface area contributed by atoms with Gasteiger partial charge in [0.15, 0.2) is 0 Å². The zero-order valence-corrected chi connectivity index (χ0v) is 10.6. The van der Waals surface area contributed by atoms with Gasteiger partial charge in [0.05, 0.1) is 18.3 Å². The molecule has 3 heteroatoms. The smallest absolute Gasteiger partial charge is 0.262 e. The summed E-state index contributed by atoms with van der Waals surface area (Å²) in [7, 11) is 0. The van der Waals surface area contributed by atoms with Crippen molar-refractivity contribution in [2.75, 3.05) is 0 Å². The van der Waals surface area contributed by atoms with Crippen LogP contribution in [0.3, 0.4) is 0 Å². The standard InChI is InChI=1S/C12H22N2O/c1-11(2,3)9-10(12(4,5)6)14-8(15)7-13-9/h7,9-10H,1-6H3,(H,14,15). The molecule has 1 heterocycles. The zero-order valence-electron chi connectivity index (χ0n) is 10.6. The Hall–Kier alpha value is -0.860. The Morgan fingerprint density at radius 1 is 1.13 bits per heavy atom. The number of hydrogen-bond donors (Lipinski definition) is 1. The van der Waals surface area contributed by atoms with Crippen LogP contribution in [0.25, 0.3) is 0 Å². The highest BCUT2D eigenvalue weighted by molar-refractivity contribution is 6.26. The van der Waals surface area contributed by atoms with E-state index in [2.05, 4.69) is 51.9 Å². The van der Waals surface area contributed by atoms with Gasteiger partial charge in [0.1, 0.15) is 0 Å². The average molecular weight is 210 g/mol. The summed E-state index contributed by atoms with van der Waals surface area (Å²) in [5.74, 6) is -0.0737. The lowest BCUT2D eigenvalue weighted by atomic mass is 9.72. The maximum atomic E-state index is 11.3. The molecule has 0 spiro atoms. The summed E-state index contributed by atoms with van der Waals surface area (Å²) in [5, 5.41) is 3.02. The molecule has 1 aliphatic rings. The predicted molar refractivity (Wildman–Crippen MR) is 63.1 cm³/mol. The molecular weight excluding hydrogens is 188 g/mol. The van der Waals surface area contributed by atoms with Gasteiger partial charge in [0, 0.05) is 0 Å². The second-order valence-electron chi connectivity index (χ2n) is 6.44. The third-order valence-electron chi connectivity index (χ3n) is 2.79. The normalized spacial score (nSPS) is 27.7. The molecular formula is C12H22N2O. The maximum Gasteiger partial charge on any atom is 0.262 e. The molecule has 1 N–H and O–H groups in total. The monoisotopic (exact) mass is 210 g/mol. The summed E-state index contributed by atoms with van der Waals surface area (Å²) in [5.41, 5.74) is 0.105. The first-order valence-corrected chi connectivity index (χ1v) is 5.46. The molecule has 3 nitrogen and oxygen atoms in total. The molecule has 0 radical (unpaired) electrons. The van der Waals surface area contributed by atoms with Crippen molar-refractivity contribution in [2.45, 2.75) is 53.6 Å². The van der Waals surface area contributed by atoms with E-state index in [1.165, 1.54) is 6.21 Å². The average Bonchev–Trinajstić information content (AvgIpc) is 2.00. The number of carbonyl (C=O) groups is 1. The lowest BCUT2D eigenvalue weighted by Gasteiger charge is -2.43. The summed E-state index contributed by atoms with van der Waals surface area (Å²) in [6, 6.07) is 0.255. The van der Waals surface area contributed by atoms with Crippen molar-refractivity contribution in [3.63, 3.8) is 0 Å². The Morgan fingerprint density at radius 3 is 2.07 bits per heavy atom. The number of nitrogens with one attached hydrogen (secondary N) is 1. The van der Waals surface area contributed by atoms with E-state index in [1.54, 1.807) is 0 Å². The fraction of sp³-hybridized carbons (Fsp3) is 0.833. The van der Waals surface area contributed by atoms with Gasteiger partial charge in [-0.2, -0.15) is 0 Å². The lowest BCUT2D eigenvalue weighted by molar-refractivity contribution is -0.116. The minimum Gasteiger partial charge on any atom is -0.346 e. The summed E-state index contributed by atoms with van der Waals surface area (Å²) < 4.78 is 0. The Balaban J connectivity index is 3.02. The Bertz CT molecular complexity index is 281. The van der Waals surface area contributed by atoms with Crippen LogP contribution in [0, 0.1) is 10.8 Å². The van der Waals surface area contributed by atoms with Gasteiger partial charge in [-0.1, -0.05) is 41.5 Å². The molecule has 0 saturated carbocycles. The second kappa shape index (κ2) is 3.62. The first-order chi connectivity index (χ1) is 6.62. The van der Waals surface area contributed by atoms with Gasteiger partial charge >= 0.3 is 0 Å². The van der Waals surface area contributed by atoms with E-state index < -0.39 is 0 Å². The molecule has 0 bridgehead atoms. The molecule has 1 amide bonds. The van der Waals surface area contributed by atoms with Crippen LogP contribution in [-0.4, -0.2) is 24.2 Å². The first-order valence-electron chi connectivity index (χ1n) is 5.46. The maximum absolute atomic E-state index is 11.3. The first kappa shape index (κ1) is 12.2. The van der Waals surface area contributed by atoms with E-state index in [0.29, 0.717) is 0 Å². The highest BCUT2D eigenvalue weighted by Crippen LogP contribution is 2.34. The highest BCUT2D eigenvalue weighted by Gasteiger charge is 2.41. The molecule has 0 fully saturated rings. The fourth-order valence-corrected chi connectivity index (χ4v) is 1.92. The molecule has 1 aliphatic heterocycles. The largest absolute Gasteiger partial charge is 0.346 e. The van der Waals surface area contributed by atoms with Crippen LogP contribution < -0.4 is 5.32 Å². The Kier molecular flexibility index (Phi) is 2.94. The van der Waals surface area contributed by atoms with Crippen molar-refractivity contribution < 1.29 is 4.79 Å². The predicted octanol–water partition coefficient (Wildman–Crippen LogP) is 2.02. The SMILES string of the molecule is CC(C)(C)C1N=CC(=O)NC1C(C)(C)C. The van der Waals surface area contributed by atoms with Crippen LogP contribution in [0.1, 0.15) is 41.5 Å². The molecule has 1 rings (SSSR count). The fourth-order valence-electron chi connectivity index (χ4n) is 1.92. The Morgan fingerprint density at radius 2 is 1.67 bits per heavy atom. The van der Waals surface area contributed by atoms with Crippen LogP contribution in [0.4, 0.5) is 0 Å². The lowest BCUT2D eigenvalue weighted by Crippen LogP contribution is -2.57. The van der Waals surface area contributed by atoms with Crippen molar-refractivity contribution in [3.8, 4) is 0 Å². The second-order valence-corrected chi connectivity index (χ2v) is 6.44. The summed E-state index contributed by atoms with van der Waals surface area (Å²) in [4.78, 5) is 15.7. The van der Waals surface area contributed by atoms with Crippen molar-refractivity contribution >= 4 is 12.1 Å². The van der Waals surface area contributed by atoms with E-state index >= 15 is 0 Å². The van der Waals surface area contributed by atoms with Crippen molar-refractivity contribution in [1.82, 2.24) is 5.32 Å². The highest BCUT2D eigenvalue weighted by atomic mass is 16.1. The van der Waals surface area contributed by atoms with Gasteiger partial charge in [-0.15, -0.1) is 0 Å². The van der Waals surface area contributed by atoms with Crippen molar-refractivity contribution in [1.29, 1.82) is 0 Å². The van der Waals surface area contributed by atoms with Crippen LogP contribution >= 0.6 is 0 Å². The van der Waals surface area contributed by atoms with Gasteiger partial charge < -0.3 is 5.32 Å².